The van der Waals surface area contributed by atoms with Crippen molar-refractivity contribution in [2.75, 3.05) is 19.0 Å². The fraction of sp³-hybridized carbons (Fsp3) is 0.158. The van der Waals surface area contributed by atoms with Crippen LogP contribution in [0.3, 0.4) is 0 Å². The van der Waals surface area contributed by atoms with E-state index in [1.165, 1.54) is 0 Å². The van der Waals surface area contributed by atoms with Gasteiger partial charge in [0, 0.05) is 23.9 Å². The molecule has 0 spiro atoms. The number of thiophene rings is 1. The van der Waals surface area contributed by atoms with Crippen molar-refractivity contribution in [1.82, 2.24) is 9.97 Å². The van der Waals surface area contributed by atoms with E-state index in [4.69, 9.17) is 9.15 Å². The summed E-state index contributed by atoms with van der Waals surface area (Å²) in [5.74, 6) is 2.65. The van der Waals surface area contributed by atoms with E-state index >= 15 is 0 Å². The standard InChI is InChI=1S/C19H17N3O2S/c1-23-14-6-4-13(5-7-14)16-11-25-19-17(16)18(21-12-22-19)20-9-8-15-3-2-10-24-15/h2-7,10-12H,8-9H2,1H3,(H,20,21,22). The zero-order valence-electron chi connectivity index (χ0n) is 13.7. The number of hydrogen-bond donors (Lipinski definition) is 1. The van der Waals surface area contributed by atoms with E-state index in [1.807, 2.05) is 24.3 Å². The minimum atomic E-state index is 0.748. The van der Waals surface area contributed by atoms with E-state index in [0.29, 0.717) is 0 Å². The number of nitrogens with one attached hydrogen (secondary N) is 1. The summed E-state index contributed by atoms with van der Waals surface area (Å²) in [4.78, 5) is 9.82. The largest absolute Gasteiger partial charge is 0.497 e. The van der Waals surface area contributed by atoms with Crippen LogP contribution in [0.15, 0.2) is 58.8 Å². The summed E-state index contributed by atoms with van der Waals surface area (Å²) in [5.41, 5.74) is 2.25. The monoisotopic (exact) mass is 351 g/mol. The molecule has 126 valence electrons. The van der Waals surface area contributed by atoms with E-state index in [9.17, 15) is 0 Å². The molecule has 4 rings (SSSR count). The van der Waals surface area contributed by atoms with Gasteiger partial charge >= 0.3 is 0 Å². The number of aromatic nitrogens is 2. The number of methoxy groups -OCH3 is 1. The summed E-state index contributed by atoms with van der Waals surface area (Å²) >= 11 is 1.62. The van der Waals surface area contributed by atoms with Crippen molar-refractivity contribution in [3.63, 3.8) is 0 Å². The van der Waals surface area contributed by atoms with Crippen LogP contribution in [0.5, 0.6) is 5.75 Å². The number of benzene rings is 1. The molecule has 0 amide bonds. The Kier molecular flexibility index (Phi) is 4.35. The molecule has 0 bridgehead atoms. The molecule has 3 aromatic heterocycles. The third kappa shape index (κ3) is 3.21. The van der Waals surface area contributed by atoms with Crippen LogP contribution in [0.1, 0.15) is 5.76 Å². The molecule has 0 atom stereocenters. The predicted molar refractivity (Wildman–Crippen MR) is 100 cm³/mol. The maximum atomic E-state index is 5.38. The van der Waals surface area contributed by atoms with Gasteiger partial charge in [-0.25, -0.2) is 9.97 Å². The highest BCUT2D eigenvalue weighted by atomic mass is 32.1. The van der Waals surface area contributed by atoms with E-state index in [2.05, 4.69) is 32.8 Å². The molecule has 0 saturated carbocycles. The normalized spacial score (nSPS) is 10.9. The molecule has 0 aliphatic carbocycles. The van der Waals surface area contributed by atoms with Crippen LogP contribution in [-0.2, 0) is 6.42 Å². The molecule has 0 radical (unpaired) electrons. The minimum absolute atomic E-state index is 0.748. The average molecular weight is 351 g/mol. The van der Waals surface area contributed by atoms with Crippen molar-refractivity contribution in [3.05, 3.63) is 60.1 Å². The molecule has 0 unspecified atom stereocenters. The number of anilines is 1. The van der Waals surface area contributed by atoms with Gasteiger partial charge in [-0.05, 0) is 29.8 Å². The summed E-state index contributed by atoms with van der Waals surface area (Å²) in [6.07, 6.45) is 4.10. The van der Waals surface area contributed by atoms with Crippen LogP contribution in [-0.4, -0.2) is 23.6 Å². The Bertz CT molecular complexity index is 962. The summed E-state index contributed by atoms with van der Waals surface area (Å²) < 4.78 is 10.6. The van der Waals surface area contributed by atoms with Gasteiger partial charge in [-0.3, -0.25) is 0 Å². The molecule has 0 aliphatic rings. The van der Waals surface area contributed by atoms with Crippen LogP contribution in [0.4, 0.5) is 5.82 Å². The zero-order valence-corrected chi connectivity index (χ0v) is 14.5. The number of furan rings is 1. The first-order valence-electron chi connectivity index (χ1n) is 7.98. The fourth-order valence-corrected chi connectivity index (χ4v) is 3.67. The summed E-state index contributed by atoms with van der Waals surface area (Å²) in [6, 6.07) is 11.9. The van der Waals surface area contributed by atoms with Crippen molar-refractivity contribution < 1.29 is 9.15 Å². The molecule has 0 fully saturated rings. The maximum absolute atomic E-state index is 5.38. The van der Waals surface area contributed by atoms with Crippen LogP contribution >= 0.6 is 11.3 Å². The number of ether oxygens (including phenoxy) is 1. The van der Waals surface area contributed by atoms with E-state index in [0.717, 1.165) is 51.6 Å². The molecular formula is C19H17N3O2S. The Morgan fingerprint density at radius 2 is 2.04 bits per heavy atom. The van der Waals surface area contributed by atoms with Gasteiger partial charge in [-0.15, -0.1) is 11.3 Å². The summed E-state index contributed by atoms with van der Waals surface area (Å²) in [5, 5.41) is 6.59. The molecule has 0 aliphatic heterocycles. The summed E-state index contributed by atoms with van der Waals surface area (Å²) in [6.45, 7) is 0.748. The lowest BCUT2D eigenvalue weighted by molar-refractivity contribution is 0.415. The predicted octanol–water partition coefficient (Wildman–Crippen LogP) is 4.61. The maximum Gasteiger partial charge on any atom is 0.138 e. The lowest BCUT2D eigenvalue weighted by atomic mass is 10.1. The van der Waals surface area contributed by atoms with Crippen molar-refractivity contribution >= 4 is 27.4 Å². The van der Waals surface area contributed by atoms with Crippen molar-refractivity contribution in [3.8, 4) is 16.9 Å². The SMILES string of the molecule is COc1ccc(-c2csc3ncnc(NCCc4ccco4)c23)cc1. The second-order valence-corrected chi connectivity index (χ2v) is 6.39. The highest BCUT2D eigenvalue weighted by molar-refractivity contribution is 7.17. The molecule has 0 saturated heterocycles. The first kappa shape index (κ1) is 15.7. The molecule has 1 N–H and O–H groups in total. The number of rotatable bonds is 6. The van der Waals surface area contributed by atoms with Gasteiger partial charge in [0.1, 0.15) is 28.5 Å². The van der Waals surface area contributed by atoms with Gasteiger partial charge in [0.2, 0.25) is 0 Å². The Morgan fingerprint density at radius 1 is 1.16 bits per heavy atom. The van der Waals surface area contributed by atoms with Crippen LogP contribution in [0.25, 0.3) is 21.3 Å². The Labute approximate surface area is 149 Å². The highest BCUT2D eigenvalue weighted by Crippen LogP contribution is 2.36. The molecule has 1 aromatic carbocycles. The molecule has 5 nitrogen and oxygen atoms in total. The third-order valence-electron chi connectivity index (χ3n) is 4.02. The Morgan fingerprint density at radius 3 is 2.80 bits per heavy atom. The van der Waals surface area contributed by atoms with Crippen molar-refractivity contribution in [1.29, 1.82) is 0 Å². The Hall–Kier alpha value is -2.86. The fourth-order valence-electron chi connectivity index (χ4n) is 2.75. The highest BCUT2D eigenvalue weighted by Gasteiger charge is 2.13. The van der Waals surface area contributed by atoms with Crippen molar-refractivity contribution in [2.24, 2.45) is 0 Å². The smallest absolute Gasteiger partial charge is 0.138 e. The van der Waals surface area contributed by atoms with E-state index < -0.39 is 0 Å². The van der Waals surface area contributed by atoms with Gasteiger partial charge in [-0.2, -0.15) is 0 Å². The number of nitrogens with zero attached hydrogens (tertiary/aromatic N) is 2. The molecule has 25 heavy (non-hydrogen) atoms. The van der Waals surface area contributed by atoms with E-state index in [1.54, 1.807) is 31.0 Å². The van der Waals surface area contributed by atoms with Crippen LogP contribution in [0.2, 0.25) is 0 Å². The van der Waals surface area contributed by atoms with Crippen molar-refractivity contribution in [2.45, 2.75) is 6.42 Å². The molecular weight excluding hydrogens is 334 g/mol. The third-order valence-corrected chi connectivity index (χ3v) is 4.90. The van der Waals surface area contributed by atoms with Gasteiger partial charge < -0.3 is 14.5 Å². The van der Waals surface area contributed by atoms with Gasteiger partial charge in [0.25, 0.3) is 0 Å². The second-order valence-electron chi connectivity index (χ2n) is 5.54. The number of hydrogen-bond acceptors (Lipinski definition) is 6. The molecule has 3 heterocycles. The first-order valence-corrected chi connectivity index (χ1v) is 8.86. The zero-order chi connectivity index (χ0) is 17.1. The van der Waals surface area contributed by atoms with Gasteiger partial charge in [0.15, 0.2) is 0 Å². The average Bonchev–Trinajstić information content (AvgIpc) is 3.32. The Balaban J connectivity index is 1.63. The molecule has 6 heteroatoms. The molecule has 4 aromatic rings. The lowest BCUT2D eigenvalue weighted by Gasteiger charge is -2.08. The summed E-state index contributed by atoms with van der Waals surface area (Å²) in [7, 11) is 1.67. The first-order chi connectivity index (χ1) is 12.3. The van der Waals surface area contributed by atoms with Crippen LogP contribution in [0, 0.1) is 0 Å². The quantitative estimate of drug-likeness (QED) is 0.549. The van der Waals surface area contributed by atoms with Crippen LogP contribution < -0.4 is 10.1 Å². The van der Waals surface area contributed by atoms with E-state index in [-0.39, 0.29) is 0 Å². The lowest BCUT2D eigenvalue weighted by Crippen LogP contribution is -2.06. The van der Waals surface area contributed by atoms with Gasteiger partial charge in [0.05, 0.1) is 18.8 Å². The second kappa shape index (κ2) is 6.94. The van der Waals surface area contributed by atoms with Gasteiger partial charge in [-0.1, -0.05) is 12.1 Å². The minimum Gasteiger partial charge on any atom is -0.497 e. The number of fused-ring (bicyclic) bond motifs is 1. The topological polar surface area (TPSA) is 60.2 Å².